The van der Waals surface area contributed by atoms with Crippen molar-refractivity contribution in [3.8, 4) is 0 Å². The number of hydrogen-bond acceptors (Lipinski definition) is 6. The first-order valence-electron chi connectivity index (χ1n) is 8.17. The Hall–Kier alpha value is -2.77. The molecule has 8 nitrogen and oxygen atoms in total. The van der Waals surface area contributed by atoms with Gasteiger partial charge in [-0.1, -0.05) is 0 Å². The van der Waals surface area contributed by atoms with Gasteiger partial charge in [0.1, 0.15) is 25.0 Å². The van der Waals surface area contributed by atoms with Crippen LogP contribution >= 0.6 is 0 Å². The summed E-state index contributed by atoms with van der Waals surface area (Å²) in [6.45, 7) is 2.65. The monoisotopic (exact) mass is 324 g/mol. The summed E-state index contributed by atoms with van der Waals surface area (Å²) in [4.78, 5) is 10.5. The molecule has 0 spiro atoms. The molecule has 8 heteroatoms. The Bertz CT molecular complexity index is 772. The minimum atomic E-state index is 0.449. The highest BCUT2D eigenvalue weighted by molar-refractivity contribution is 5.45. The molecule has 0 radical (unpaired) electrons. The van der Waals surface area contributed by atoms with E-state index in [1.54, 1.807) is 11.0 Å². The first-order chi connectivity index (χ1) is 11.8. The third-order valence-electron chi connectivity index (χ3n) is 4.66. The zero-order valence-electron chi connectivity index (χ0n) is 13.7. The Morgan fingerprint density at radius 2 is 1.88 bits per heavy atom. The quantitative estimate of drug-likeness (QED) is 0.718. The third kappa shape index (κ3) is 2.86. The van der Waals surface area contributed by atoms with Gasteiger partial charge in [0.05, 0.1) is 0 Å². The number of nitrogens with zero attached hydrogens (tertiary/aromatic N) is 8. The van der Waals surface area contributed by atoms with Crippen LogP contribution in [0, 0.1) is 0 Å². The highest BCUT2D eigenvalue weighted by Gasteiger charge is 2.25. The zero-order chi connectivity index (χ0) is 16.4. The summed E-state index contributed by atoms with van der Waals surface area (Å²) < 4.78 is 3.87. The molecule has 0 unspecified atom stereocenters. The standard InChI is InChI=1S/C16H20N8/c1-22-15(10-24-12-18-11-19-24)20-21-16(22)13-4-8-23(9-5-13)14-2-6-17-7-3-14/h2-3,6-7,11-13H,4-5,8-10H2,1H3. The molecule has 124 valence electrons. The second-order valence-corrected chi connectivity index (χ2v) is 6.09. The molecule has 0 saturated carbocycles. The van der Waals surface area contributed by atoms with Crippen LogP contribution in [0.3, 0.4) is 0 Å². The van der Waals surface area contributed by atoms with Crippen LogP contribution in [-0.4, -0.2) is 47.6 Å². The van der Waals surface area contributed by atoms with E-state index >= 15 is 0 Å². The van der Waals surface area contributed by atoms with Crippen molar-refractivity contribution >= 4 is 5.69 Å². The largest absolute Gasteiger partial charge is 0.371 e. The van der Waals surface area contributed by atoms with Crippen LogP contribution in [0.15, 0.2) is 37.2 Å². The van der Waals surface area contributed by atoms with Crippen LogP contribution < -0.4 is 4.90 Å². The maximum absolute atomic E-state index is 4.44. The second-order valence-electron chi connectivity index (χ2n) is 6.09. The summed E-state index contributed by atoms with van der Waals surface area (Å²) in [7, 11) is 2.04. The molecule has 24 heavy (non-hydrogen) atoms. The zero-order valence-corrected chi connectivity index (χ0v) is 13.7. The Morgan fingerprint density at radius 1 is 1.08 bits per heavy atom. The van der Waals surface area contributed by atoms with E-state index in [1.807, 2.05) is 19.4 Å². The highest BCUT2D eigenvalue weighted by Crippen LogP contribution is 2.29. The van der Waals surface area contributed by atoms with E-state index in [9.17, 15) is 0 Å². The summed E-state index contributed by atoms with van der Waals surface area (Å²) in [6.07, 6.45) is 9.09. The van der Waals surface area contributed by atoms with E-state index in [1.165, 1.54) is 12.0 Å². The number of aromatic nitrogens is 7. The van der Waals surface area contributed by atoms with Crippen molar-refractivity contribution in [2.24, 2.45) is 7.05 Å². The molecule has 1 fully saturated rings. The molecule has 0 bridgehead atoms. The van der Waals surface area contributed by atoms with Gasteiger partial charge in [-0.15, -0.1) is 10.2 Å². The number of anilines is 1. The predicted octanol–water partition coefficient (Wildman–Crippen LogP) is 1.23. The SMILES string of the molecule is Cn1c(Cn2cncn2)nnc1C1CCN(c2ccncc2)CC1. The fraction of sp³-hybridized carbons (Fsp3) is 0.438. The van der Waals surface area contributed by atoms with E-state index in [-0.39, 0.29) is 0 Å². The lowest BCUT2D eigenvalue weighted by Crippen LogP contribution is -2.33. The third-order valence-corrected chi connectivity index (χ3v) is 4.66. The number of pyridine rings is 1. The topological polar surface area (TPSA) is 77.5 Å². The Labute approximate surface area is 140 Å². The van der Waals surface area contributed by atoms with Crippen molar-refractivity contribution in [1.82, 2.24) is 34.5 Å². The first kappa shape index (κ1) is 14.8. The maximum atomic E-state index is 4.44. The molecule has 4 rings (SSSR count). The van der Waals surface area contributed by atoms with Crippen molar-refractivity contribution in [2.45, 2.75) is 25.3 Å². The van der Waals surface area contributed by atoms with Gasteiger partial charge >= 0.3 is 0 Å². The summed E-state index contributed by atoms with van der Waals surface area (Å²) >= 11 is 0. The summed E-state index contributed by atoms with van der Waals surface area (Å²) in [6, 6.07) is 4.14. The number of piperidine rings is 1. The molecule has 4 heterocycles. The Kier molecular flexibility index (Phi) is 3.94. The second kappa shape index (κ2) is 6.38. The molecule has 3 aromatic heterocycles. The van der Waals surface area contributed by atoms with Crippen molar-refractivity contribution < 1.29 is 0 Å². The predicted molar refractivity (Wildman–Crippen MR) is 88.6 cm³/mol. The molecule has 1 aliphatic rings. The van der Waals surface area contributed by atoms with Gasteiger partial charge in [-0.05, 0) is 25.0 Å². The van der Waals surface area contributed by atoms with E-state index in [0.29, 0.717) is 12.5 Å². The first-order valence-corrected chi connectivity index (χ1v) is 8.17. The average molecular weight is 324 g/mol. The molecule has 0 aromatic carbocycles. The van der Waals surface area contributed by atoms with Crippen molar-refractivity contribution in [3.63, 3.8) is 0 Å². The fourth-order valence-electron chi connectivity index (χ4n) is 3.28. The van der Waals surface area contributed by atoms with Crippen LogP contribution in [0.2, 0.25) is 0 Å². The average Bonchev–Trinajstić information content (AvgIpc) is 3.27. The van der Waals surface area contributed by atoms with Gasteiger partial charge in [-0.3, -0.25) is 4.98 Å². The van der Waals surface area contributed by atoms with E-state index in [0.717, 1.165) is 37.6 Å². The molecule has 0 N–H and O–H groups in total. The van der Waals surface area contributed by atoms with Gasteiger partial charge in [0.25, 0.3) is 0 Å². The molecule has 0 aliphatic carbocycles. The van der Waals surface area contributed by atoms with Crippen molar-refractivity contribution in [3.05, 3.63) is 48.8 Å². The molecule has 1 saturated heterocycles. The number of rotatable bonds is 4. The van der Waals surface area contributed by atoms with E-state index < -0.39 is 0 Å². The van der Waals surface area contributed by atoms with Crippen LogP contribution in [-0.2, 0) is 13.6 Å². The van der Waals surface area contributed by atoms with Gasteiger partial charge in [-0.25, -0.2) is 9.67 Å². The van der Waals surface area contributed by atoms with Crippen LogP contribution in [0.4, 0.5) is 5.69 Å². The summed E-state index contributed by atoms with van der Waals surface area (Å²) in [5, 5.41) is 12.9. The molecule has 3 aromatic rings. The minimum Gasteiger partial charge on any atom is -0.371 e. The van der Waals surface area contributed by atoms with Gasteiger partial charge in [0, 0.05) is 44.1 Å². The number of hydrogen-bond donors (Lipinski definition) is 0. The highest BCUT2D eigenvalue weighted by atomic mass is 15.4. The van der Waals surface area contributed by atoms with E-state index in [2.05, 4.69) is 46.9 Å². The molecule has 0 atom stereocenters. The van der Waals surface area contributed by atoms with Crippen molar-refractivity contribution in [2.75, 3.05) is 18.0 Å². The lowest BCUT2D eigenvalue weighted by molar-refractivity contribution is 0.471. The molecule has 1 aliphatic heterocycles. The van der Waals surface area contributed by atoms with Gasteiger partial charge < -0.3 is 9.47 Å². The van der Waals surface area contributed by atoms with Crippen molar-refractivity contribution in [1.29, 1.82) is 0 Å². The smallest absolute Gasteiger partial charge is 0.154 e. The Balaban J connectivity index is 1.43. The van der Waals surface area contributed by atoms with Gasteiger partial charge in [-0.2, -0.15) is 5.10 Å². The Morgan fingerprint density at radius 3 is 2.58 bits per heavy atom. The van der Waals surface area contributed by atoms with E-state index in [4.69, 9.17) is 0 Å². The lowest BCUT2D eigenvalue weighted by Gasteiger charge is -2.33. The lowest BCUT2D eigenvalue weighted by atomic mass is 9.95. The fourth-order valence-corrected chi connectivity index (χ4v) is 3.28. The summed E-state index contributed by atoms with van der Waals surface area (Å²) in [5.74, 6) is 2.43. The van der Waals surface area contributed by atoms with Crippen LogP contribution in [0.5, 0.6) is 0 Å². The van der Waals surface area contributed by atoms with Gasteiger partial charge in [0.15, 0.2) is 5.82 Å². The minimum absolute atomic E-state index is 0.449. The molecule has 0 amide bonds. The van der Waals surface area contributed by atoms with Crippen LogP contribution in [0.1, 0.15) is 30.4 Å². The molecular formula is C16H20N8. The molecular weight excluding hydrogens is 304 g/mol. The van der Waals surface area contributed by atoms with Gasteiger partial charge in [0.2, 0.25) is 0 Å². The van der Waals surface area contributed by atoms with Crippen LogP contribution in [0.25, 0.3) is 0 Å². The maximum Gasteiger partial charge on any atom is 0.154 e. The summed E-state index contributed by atoms with van der Waals surface area (Å²) in [5.41, 5.74) is 1.24. The normalized spacial score (nSPS) is 15.8.